The topological polar surface area (TPSA) is 82.3 Å². The molecule has 1 aromatic rings. The van der Waals surface area contributed by atoms with Crippen LogP contribution in [0.2, 0.25) is 5.02 Å². The molecule has 0 radical (unpaired) electrons. The molecule has 2 N–H and O–H groups in total. The first kappa shape index (κ1) is 13.1. The number of halogens is 3. The highest BCUT2D eigenvalue weighted by molar-refractivity contribution is 7.89. The Kier molecular flexibility index (Phi) is 3.66. The zero-order chi connectivity index (χ0) is 12.5. The number of pyridine rings is 1. The normalized spacial score (nSPS) is 11.9. The predicted molar refractivity (Wildman–Crippen MR) is 52.1 cm³/mol. The number of hydrogen-bond acceptors (Lipinski definition) is 4. The van der Waals surface area contributed by atoms with E-state index in [9.17, 15) is 17.2 Å². The van der Waals surface area contributed by atoms with Crippen molar-refractivity contribution in [3.8, 4) is 5.88 Å². The van der Waals surface area contributed by atoms with Crippen LogP contribution in [0.5, 0.6) is 5.88 Å². The summed E-state index contributed by atoms with van der Waals surface area (Å²) in [5, 5.41) is 4.15. The van der Waals surface area contributed by atoms with E-state index in [4.69, 9.17) is 16.7 Å². The van der Waals surface area contributed by atoms with Gasteiger partial charge in [0.15, 0.2) is 4.90 Å². The van der Waals surface area contributed by atoms with Crippen molar-refractivity contribution in [3.63, 3.8) is 0 Å². The third-order valence-corrected chi connectivity index (χ3v) is 3.15. The second-order valence-electron chi connectivity index (χ2n) is 2.71. The van der Waals surface area contributed by atoms with Gasteiger partial charge in [0.1, 0.15) is 0 Å². The van der Waals surface area contributed by atoms with Gasteiger partial charge in [-0.1, -0.05) is 11.6 Å². The second kappa shape index (κ2) is 4.48. The first-order valence-electron chi connectivity index (χ1n) is 3.82. The number of alkyl halides is 2. The fraction of sp³-hybridized carbons (Fsp3) is 0.286. The standard InChI is InChI=1S/C7H7ClF2N2O3S/c1-15-7-5(16(11,13)14)4(8)3(2-12-7)6(9)10/h2,6H,1H3,(H2,11,13,14). The number of hydrogen-bond donors (Lipinski definition) is 1. The van der Waals surface area contributed by atoms with Crippen molar-refractivity contribution in [1.82, 2.24) is 4.98 Å². The number of nitrogens with zero attached hydrogens (tertiary/aromatic N) is 1. The Hall–Kier alpha value is -0.990. The SMILES string of the molecule is COc1ncc(C(F)F)c(Cl)c1S(N)(=O)=O. The van der Waals surface area contributed by atoms with Crippen molar-refractivity contribution in [2.75, 3.05) is 7.11 Å². The Morgan fingerprint density at radius 2 is 2.12 bits per heavy atom. The van der Waals surface area contributed by atoms with E-state index < -0.39 is 37.8 Å². The second-order valence-corrected chi connectivity index (χ2v) is 4.59. The number of primary sulfonamides is 1. The minimum atomic E-state index is -4.29. The summed E-state index contributed by atoms with van der Waals surface area (Å²) in [5.41, 5.74) is -0.716. The largest absolute Gasteiger partial charge is 0.480 e. The lowest BCUT2D eigenvalue weighted by molar-refractivity contribution is 0.150. The first-order valence-corrected chi connectivity index (χ1v) is 5.74. The molecule has 0 bridgehead atoms. The van der Waals surface area contributed by atoms with Crippen LogP contribution in [-0.4, -0.2) is 20.5 Å². The smallest absolute Gasteiger partial charge is 0.266 e. The molecule has 0 saturated carbocycles. The van der Waals surface area contributed by atoms with Crippen molar-refractivity contribution in [3.05, 3.63) is 16.8 Å². The summed E-state index contributed by atoms with van der Waals surface area (Å²) in [6.07, 6.45) is -2.22. The van der Waals surface area contributed by atoms with E-state index in [1.165, 1.54) is 0 Å². The van der Waals surface area contributed by atoms with Crippen molar-refractivity contribution in [2.24, 2.45) is 5.14 Å². The molecule has 16 heavy (non-hydrogen) atoms. The Bertz CT molecular complexity index is 507. The summed E-state index contributed by atoms with van der Waals surface area (Å²) in [6.45, 7) is 0. The summed E-state index contributed by atoms with van der Waals surface area (Å²) < 4.78 is 51.7. The van der Waals surface area contributed by atoms with Gasteiger partial charge in [0.2, 0.25) is 15.9 Å². The molecule has 9 heteroatoms. The molecule has 0 amide bonds. The predicted octanol–water partition coefficient (Wildman–Crippen LogP) is 1.33. The number of methoxy groups -OCH3 is 1. The lowest BCUT2D eigenvalue weighted by Crippen LogP contribution is -2.15. The Morgan fingerprint density at radius 3 is 2.50 bits per heavy atom. The Balaban J connectivity index is 3.60. The highest BCUT2D eigenvalue weighted by atomic mass is 35.5. The number of rotatable bonds is 3. The van der Waals surface area contributed by atoms with Gasteiger partial charge >= 0.3 is 0 Å². The lowest BCUT2D eigenvalue weighted by Gasteiger charge is -2.10. The van der Waals surface area contributed by atoms with Crippen LogP contribution in [0.3, 0.4) is 0 Å². The van der Waals surface area contributed by atoms with Crippen LogP contribution < -0.4 is 9.88 Å². The molecular weight excluding hydrogens is 266 g/mol. The Labute approximate surface area is 95.2 Å². The molecule has 90 valence electrons. The van der Waals surface area contributed by atoms with Gasteiger partial charge in [0.25, 0.3) is 6.43 Å². The monoisotopic (exact) mass is 272 g/mol. The fourth-order valence-corrected chi connectivity index (χ4v) is 2.29. The van der Waals surface area contributed by atoms with Gasteiger partial charge in [-0.25, -0.2) is 27.3 Å². The van der Waals surface area contributed by atoms with E-state index >= 15 is 0 Å². The number of sulfonamides is 1. The van der Waals surface area contributed by atoms with Crippen LogP contribution in [0.25, 0.3) is 0 Å². The van der Waals surface area contributed by atoms with Crippen molar-refractivity contribution in [1.29, 1.82) is 0 Å². The molecule has 0 spiro atoms. The maximum absolute atomic E-state index is 12.4. The molecule has 0 aliphatic carbocycles. The van der Waals surface area contributed by atoms with E-state index in [1.807, 2.05) is 0 Å². The summed E-state index contributed by atoms with van der Waals surface area (Å²) in [7, 11) is -3.16. The molecule has 1 heterocycles. The molecule has 5 nitrogen and oxygen atoms in total. The number of aromatic nitrogens is 1. The fourth-order valence-electron chi connectivity index (χ4n) is 1.01. The van der Waals surface area contributed by atoms with Gasteiger partial charge in [0, 0.05) is 6.20 Å². The molecule has 0 fully saturated rings. The van der Waals surface area contributed by atoms with Gasteiger partial charge in [-0.2, -0.15) is 0 Å². The van der Waals surface area contributed by atoms with Crippen molar-refractivity contribution >= 4 is 21.6 Å². The number of ether oxygens (including phenoxy) is 1. The molecular formula is C7H7ClF2N2O3S. The molecule has 0 aromatic carbocycles. The summed E-state index contributed by atoms with van der Waals surface area (Å²) in [4.78, 5) is 2.66. The zero-order valence-electron chi connectivity index (χ0n) is 7.95. The maximum atomic E-state index is 12.4. The van der Waals surface area contributed by atoms with E-state index in [1.54, 1.807) is 0 Å². The Morgan fingerprint density at radius 1 is 1.56 bits per heavy atom. The highest BCUT2D eigenvalue weighted by Gasteiger charge is 2.26. The lowest BCUT2D eigenvalue weighted by atomic mass is 10.3. The number of nitrogens with two attached hydrogens (primary N) is 1. The van der Waals surface area contributed by atoms with Gasteiger partial charge < -0.3 is 4.74 Å². The van der Waals surface area contributed by atoms with Gasteiger partial charge in [-0.05, 0) is 0 Å². The minimum absolute atomic E-state index is 0.420. The van der Waals surface area contributed by atoms with E-state index in [0.717, 1.165) is 13.3 Å². The van der Waals surface area contributed by atoms with Crippen LogP contribution in [-0.2, 0) is 10.0 Å². The molecule has 0 unspecified atom stereocenters. The van der Waals surface area contributed by atoms with Crippen LogP contribution in [0, 0.1) is 0 Å². The summed E-state index contributed by atoms with van der Waals surface area (Å²) in [6, 6.07) is 0. The molecule has 0 atom stereocenters. The van der Waals surface area contributed by atoms with Gasteiger partial charge in [0.05, 0.1) is 17.7 Å². The van der Waals surface area contributed by atoms with Crippen LogP contribution >= 0.6 is 11.6 Å². The van der Waals surface area contributed by atoms with Crippen molar-refractivity contribution in [2.45, 2.75) is 11.3 Å². The molecule has 1 rings (SSSR count). The summed E-state index contributed by atoms with van der Waals surface area (Å²) >= 11 is 5.51. The van der Waals surface area contributed by atoms with Crippen LogP contribution in [0.15, 0.2) is 11.1 Å². The average Bonchev–Trinajstić information content (AvgIpc) is 2.14. The molecule has 0 aliphatic rings. The molecule has 0 aliphatic heterocycles. The van der Waals surface area contributed by atoms with Crippen LogP contribution in [0.1, 0.15) is 12.0 Å². The van der Waals surface area contributed by atoms with Crippen molar-refractivity contribution < 1.29 is 21.9 Å². The van der Waals surface area contributed by atoms with E-state index in [0.29, 0.717) is 0 Å². The molecule has 1 aromatic heterocycles. The van der Waals surface area contributed by atoms with E-state index in [2.05, 4.69) is 9.72 Å². The summed E-state index contributed by atoms with van der Waals surface area (Å²) in [5.74, 6) is -0.420. The maximum Gasteiger partial charge on any atom is 0.266 e. The first-order chi connectivity index (χ1) is 7.29. The third kappa shape index (κ3) is 2.39. The van der Waals surface area contributed by atoms with E-state index in [-0.39, 0.29) is 0 Å². The quantitative estimate of drug-likeness (QED) is 0.900. The third-order valence-electron chi connectivity index (χ3n) is 1.68. The zero-order valence-corrected chi connectivity index (χ0v) is 9.52. The molecule has 0 saturated heterocycles. The highest BCUT2D eigenvalue weighted by Crippen LogP contribution is 2.35. The van der Waals surface area contributed by atoms with Crippen LogP contribution in [0.4, 0.5) is 8.78 Å². The minimum Gasteiger partial charge on any atom is -0.480 e. The van der Waals surface area contributed by atoms with Gasteiger partial charge in [-0.3, -0.25) is 0 Å². The van der Waals surface area contributed by atoms with Gasteiger partial charge in [-0.15, -0.1) is 0 Å². The average molecular weight is 273 g/mol.